The van der Waals surface area contributed by atoms with Crippen LogP contribution in [0.1, 0.15) is 44.5 Å². The summed E-state index contributed by atoms with van der Waals surface area (Å²) in [5, 5.41) is 3.48. The number of amides is 1. The van der Waals surface area contributed by atoms with Crippen LogP contribution in [0.2, 0.25) is 0 Å². The second-order valence-electron chi connectivity index (χ2n) is 5.22. The number of hydrogen-bond acceptors (Lipinski definition) is 4. The maximum atomic E-state index is 12.5. The Kier molecular flexibility index (Phi) is 4.82. The minimum absolute atomic E-state index is 0.233. The topological polar surface area (TPSA) is 55.4 Å². The first-order chi connectivity index (χ1) is 11.1. The van der Waals surface area contributed by atoms with Gasteiger partial charge in [0.05, 0.1) is 17.7 Å². The van der Waals surface area contributed by atoms with Crippen molar-refractivity contribution in [2.24, 2.45) is 0 Å². The van der Waals surface area contributed by atoms with Gasteiger partial charge in [0.15, 0.2) is 0 Å². The van der Waals surface area contributed by atoms with Gasteiger partial charge in [-0.25, -0.2) is 4.79 Å². The Morgan fingerprint density at radius 1 is 1.30 bits per heavy atom. The van der Waals surface area contributed by atoms with Crippen molar-refractivity contribution < 1.29 is 14.3 Å². The third-order valence-electron chi connectivity index (χ3n) is 3.75. The molecule has 0 radical (unpaired) electrons. The number of carbonyl (C=O) groups is 2. The van der Waals surface area contributed by atoms with Gasteiger partial charge >= 0.3 is 5.97 Å². The highest BCUT2D eigenvalue weighted by molar-refractivity contribution is 9.10. The smallest absolute Gasteiger partial charge is 0.341 e. The van der Waals surface area contributed by atoms with E-state index in [0.29, 0.717) is 22.7 Å². The fraction of sp³-hybridized carbons (Fsp3) is 0.294. The van der Waals surface area contributed by atoms with E-state index in [-0.39, 0.29) is 11.9 Å². The van der Waals surface area contributed by atoms with Crippen molar-refractivity contribution in [2.45, 2.75) is 26.2 Å². The number of nitrogens with one attached hydrogen (secondary N) is 1. The van der Waals surface area contributed by atoms with Crippen LogP contribution in [0, 0.1) is 0 Å². The van der Waals surface area contributed by atoms with Gasteiger partial charge in [0.1, 0.15) is 5.00 Å². The van der Waals surface area contributed by atoms with Gasteiger partial charge in [0.2, 0.25) is 0 Å². The maximum absolute atomic E-state index is 12.5. The molecule has 0 aliphatic heterocycles. The zero-order valence-electron chi connectivity index (χ0n) is 12.6. The average Bonchev–Trinajstić information content (AvgIpc) is 3.08. The molecular formula is C17H16BrNO3S. The van der Waals surface area contributed by atoms with E-state index in [9.17, 15) is 9.59 Å². The van der Waals surface area contributed by atoms with Crippen LogP contribution in [-0.2, 0) is 17.6 Å². The zero-order chi connectivity index (χ0) is 16.4. The van der Waals surface area contributed by atoms with Crippen LogP contribution in [0.3, 0.4) is 0 Å². The van der Waals surface area contributed by atoms with Crippen molar-refractivity contribution in [3.8, 4) is 0 Å². The molecular weight excluding hydrogens is 378 g/mol. The molecule has 1 heterocycles. The molecule has 23 heavy (non-hydrogen) atoms. The van der Waals surface area contributed by atoms with Crippen molar-refractivity contribution in [1.82, 2.24) is 0 Å². The highest BCUT2D eigenvalue weighted by atomic mass is 79.9. The van der Waals surface area contributed by atoms with Crippen molar-refractivity contribution >= 4 is 44.1 Å². The number of ether oxygens (including phenoxy) is 1. The maximum Gasteiger partial charge on any atom is 0.341 e. The van der Waals surface area contributed by atoms with Crippen LogP contribution in [0.4, 0.5) is 5.00 Å². The number of fused-ring (bicyclic) bond motifs is 1. The summed E-state index contributed by atoms with van der Waals surface area (Å²) in [7, 11) is 0. The molecule has 0 spiro atoms. The van der Waals surface area contributed by atoms with Crippen molar-refractivity contribution in [1.29, 1.82) is 0 Å². The lowest BCUT2D eigenvalue weighted by Gasteiger charge is -2.09. The number of carbonyl (C=O) groups excluding carboxylic acids is 2. The monoisotopic (exact) mass is 393 g/mol. The quantitative estimate of drug-likeness (QED) is 0.781. The normalized spacial score (nSPS) is 12.8. The number of benzene rings is 1. The Bertz CT molecular complexity index is 769. The molecule has 6 heteroatoms. The number of esters is 1. The number of halogens is 1. The van der Waals surface area contributed by atoms with Gasteiger partial charge in [0, 0.05) is 9.35 Å². The van der Waals surface area contributed by atoms with Gasteiger partial charge in [-0.3, -0.25) is 4.79 Å². The molecule has 3 rings (SSSR count). The Balaban J connectivity index is 1.93. The van der Waals surface area contributed by atoms with Crippen LogP contribution in [0.5, 0.6) is 0 Å². The van der Waals surface area contributed by atoms with Gasteiger partial charge in [-0.1, -0.05) is 12.1 Å². The molecule has 120 valence electrons. The van der Waals surface area contributed by atoms with E-state index in [1.54, 1.807) is 19.1 Å². The van der Waals surface area contributed by atoms with Crippen LogP contribution < -0.4 is 5.32 Å². The summed E-state index contributed by atoms with van der Waals surface area (Å²) in [5.74, 6) is -0.586. The first-order valence-corrected chi connectivity index (χ1v) is 9.10. The summed E-state index contributed by atoms with van der Waals surface area (Å²) in [6, 6.07) is 7.21. The summed E-state index contributed by atoms with van der Waals surface area (Å²) in [6.07, 6.45) is 2.87. The third kappa shape index (κ3) is 3.19. The van der Waals surface area contributed by atoms with Gasteiger partial charge in [-0.05, 0) is 59.8 Å². The molecule has 1 N–H and O–H groups in total. The summed E-state index contributed by atoms with van der Waals surface area (Å²) in [5.41, 5.74) is 2.11. The second kappa shape index (κ2) is 6.84. The third-order valence-corrected chi connectivity index (χ3v) is 5.65. The molecule has 2 aromatic rings. The molecule has 1 aromatic carbocycles. The first kappa shape index (κ1) is 16.2. The Morgan fingerprint density at radius 3 is 2.83 bits per heavy atom. The molecule has 1 aromatic heterocycles. The molecule has 0 unspecified atom stereocenters. The van der Waals surface area contributed by atoms with Crippen LogP contribution in [-0.4, -0.2) is 18.5 Å². The summed E-state index contributed by atoms with van der Waals surface area (Å²) < 4.78 is 5.89. The van der Waals surface area contributed by atoms with Crippen molar-refractivity contribution in [3.63, 3.8) is 0 Å². The summed E-state index contributed by atoms with van der Waals surface area (Å²) >= 11 is 4.86. The SMILES string of the molecule is CCOC(=O)c1c(NC(=O)c2ccccc2Br)sc2c1CCC2. The lowest BCUT2D eigenvalue weighted by atomic mass is 10.1. The minimum Gasteiger partial charge on any atom is -0.462 e. The number of thiophene rings is 1. The van der Waals surface area contributed by atoms with E-state index in [1.807, 2.05) is 12.1 Å². The molecule has 0 saturated heterocycles. The fourth-order valence-corrected chi connectivity index (χ4v) is 4.46. The largest absolute Gasteiger partial charge is 0.462 e. The standard InChI is InChI=1S/C17H16BrNO3S/c1-2-22-17(21)14-11-7-5-9-13(11)23-16(14)19-15(20)10-6-3-4-8-12(10)18/h3-4,6,8H,2,5,7,9H2,1H3,(H,19,20). The highest BCUT2D eigenvalue weighted by Crippen LogP contribution is 2.39. The average molecular weight is 394 g/mol. The molecule has 1 aliphatic carbocycles. The summed E-state index contributed by atoms with van der Waals surface area (Å²) in [6.45, 7) is 2.10. The Hall–Kier alpha value is -1.66. The second-order valence-corrected chi connectivity index (χ2v) is 7.18. The van der Waals surface area contributed by atoms with E-state index in [1.165, 1.54) is 16.2 Å². The molecule has 4 nitrogen and oxygen atoms in total. The lowest BCUT2D eigenvalue weighted by Crippen LogP contribution is -2.15. The molecule has 0 bridgehead atoms. The summed E-state index contributed by atoms with van der Waals surface area (Å²) in [4.78, 5) is 26.0. The number of rotatable bonds is 4. The van der Waals surface area contributed by atoms with Crippen LogP contribution in [0.25, 0.3) is 0 Å². The van der Waals surface area contributed by atoms with E-state index >= 15 is 0 Å². The molecule has 1 amide bonds. The van der Waals surface area contributed by atoms with Gasteiger partial charge in [-0.2, -0.15) is 0 Å². The first-order valence-electron chi connectivity index (χ1n) is 7.49. The number of anilines is 1. The lowest BCUT2D eigenvalue weighted by molar-refractivity contribution is 0.0527. The predicted molar refractivity (Wildman–Crippen MR) is 94.4 cm³/mol. The highest BCUT2D eigenvalue weighted by Gasteiger charge is 2.28. The minimum atomic E-state index is -0.352. The fourth-order valence-electron chi connectivity index (χ4n) is 2.73. The number of aryl methyl sites for hydroxylation is 1. The van der Waals surface area contributed by atoms with Crippen LogP contribution in [0.15, 0.2) is 28.7 Å². The Morgan fingerprint density at radius 2 is 2.09 bits per heavy atom. The number of hydrogen-bond donors (Lipinski definition) is 1. The predicted octanol–water partition coefficient (Wildman–Crippen LogP) is 4.43. The van der Waals surface area contributed by atoms with Gasteiger partial charge < -0.3 is 10.1 Å². The molecule has 0 fully saturated rings. The van der Waals surface area contributed by atoms with E-state index in [0.717, 1.165) is 29.3 Å². The van der Waals surface area contributed by atoms with Gasteiger partial charge in [0.25, 0.3) is 5.91 Å². The van der Waals surface area contributed by atoms with Gasteiger partial charge in [-0.15, -0.1) is 11.3 Å². The Labute approximate surface area is 147 Å². The zero-order valence-corrected chi connectivity index (χ0v) is 15.1. The molecule has 1 aliphatic rings. The van der Waals surface area contributed by atoms with E-state index in [4.69, 9.17) is 4.74 Å². The van der Waals surface area contributed by atoms with E-state index < -0.39 is 0 Å². The van der Waals surface area contributed by atoms with Crippen molar-refractivity contribution in [2.75, 3.05) is 11.9 Å². The molecule has 0 saturated carbocycles. The van der Waals surface area contributed by atoms with E-state index in [2.05, 4.69) is 21.2 Å². The van der Waals surface area contributed by atoms with Crippen molar-refractivity contribution in [3.05, 3.63) is 50.3 Å². The van der Waals surface area contributed by atoms with Crippen LogP contribution >= 0.6 is 27.3 Å². The molecule has 0 atom stereocenters.